The number of aromatic nitrogens is 3. The molecule has 3 rings (SSSR count). The molecule has 31 heavy (non-hydrogen) atoms. The molecule has 1 aromatic carbocycles. The van der Waals surface area contributed by atoms with Gasteiger partial charge in [-0.05, 0) is 50.6 Å². The summed E-state index contributed by atoms with van der Waals surface area (Å²) in [5.74, 6) is 2.82. The first kappa shape index (κ1) is 24.4. The van der Waals surface area contributed by atoms with Crippen molar-refractivity contribution in [3.63, 3.8) is 0 Å². The maximum absolute atomic E-state index is 5.56. The first-order valence-electron chi connectivity index (χ1n) is 9.81. The highest BCUT2D eigenvalue weighted by molar-refractivity contribution is 14.0. The number of hydrogen-bond donors (Lipinski definition) is 2. The number of nitrogens with zero attached hydrogens (tertiary/aromatic N) is 4. The molecule has 0 bridgehead atoms. The number of aryl methyl sites for hydroxylation is 2. The van der Waals surface area contributed by atoms with Crippen molar-refractivity contribution in [2.24, 2.45) is 4.99 Å². The molecule has 2 aromatic heterocycles. The summed E-state index contributed by atoms with van der Waals surface area (Å²) in [6, 6.07) is 11.7. The van der Waals surface area contributed by atoms with Crippen LogP contribution < -0.4 is 20.1 Å². The largest absolute Gasteiger partial charge is 0.493 e. The maximum Gasteiger partial charge on any atom is 0.195 e. The second kappa shape index (κ2) is 11.5. The molecular formula is C22H29IN6O2. The van der Waals surface area contributed by atoms with E-state index < -0.39 is 0 Å². The molecule has 0 aliphatic heterocycles. The van der Waals surface area contributed by atoms with Gasteiger partial charge in [0.15, 0.2) is 23.3 Å². The van der Waals surface area contributed by atoms with E-state index in [-0.39, 0.29) is 24.0 Å². The van der Waals surface area contributed by atoms with Gasteiger partial charge in [0.2, 0.25) is 0 Å². The predicted molar refractivity (Wildman–Crippen MR) is 134 cm³/mol. The number of guanidine groups is 1. The van der Waals surface area contributed by atoms with Gasteiger partial charge < -0.3 is 20.1 Å². The van der Waals surface area contributed by atoms with Gasteiger partial charge in [-0.15, -0.1) is 24.0 Å². The number of aliphatic imine (C=N–C) groups is 1. The van der Waals surface area contributed by atoms with E-state index in [1.165, 1.54) is 0 Å². The molecule has 9 heteroatoms. The first-order chi connectivity index (χ1) is 14.5. The zero-order valence-electron chi connectivity index (χ0n) is 18.5. The molecule has 2 heterocycles. The molecule has 0 amide bonds. The van der Waals surface area contributed by atoms with Crippen LogP contribution in [0.5, 0.6) is 11.5 Å². The predicted octanol–water partition coefficient (Wildman–Crippen LogP) is 4.10. The van der Waals surface area contributed by atoms with Crippen LogP contribution in [0.15, 0.2) is 47.6 Å². The van der Waals surface area contributed by atoms with Gasteiger partial charge in [0.1, 0.15) is 0 Å². The van der Waals surface area contributed by atoms with Gasteiger partial charge in [-0.1, -0.05) is 6.07 Å². The molecule has 2 N–H and O–H groups in total. The lowest BCUT2D eigenvalue weighted by Gasteiger charge is -2.14. The van der Waals surface area contributed by atoms with Gasteiger partial charge in [0.05, 0.1) is 19.4 Å². The van der Waals surface area contributed by atoms with Crippen LogP contribution in [0.3, 0.4) is 0 Å². The summed E-state index contributed by atoms with van der Waals surface area (Å²) < 4.78 is 12.8. The van der Waals surface area contributed by atoms with Crippen LogP contribution in [0.1, 0.15) is 23.9 Å². The highest BCUT2D eigenvalue weighted by Crippen LogP contribution is 2.30. The van der Waals surface area contributed by atoms with E-state index in [2.05, 4.69) is 25.7 Å². The fourth-order valence-electron chi connectivity index (χ4n) is 3.03. The van der Waals surface area contributed by atoms with E-state index in [9.17, 15) is 0 Å². The number of ether oxygens (including phenoxy) is 2. The Hall–Kier alpha value is -2.82. The van der Waals surface area contributed by atoms with Crippen molar-refractivity contribution in [1.82, 2.24) is 20.1 Å². The topological polar surface area (TPSA) is 85.6 Å². The Morgan fingerprint density at radius 2 is 1.94 bits per heavy atom. The van der Waals surface area contributed by atoms with E-state index in [1.807, 2.05) is 68.0 Å². The Morgan fingerprint density at radius 1 is 1.13 bits per heavy atom. The van der Waals surface area contributed by atoms with E-state index in [4.69, 9.17) is 9.47 Å². The van der Waals surface area contributed by atoms with E-state index in [1.54, 1.807) is 14.2 Å². The minimum atomic E-state index is 0. The van der Waals surface area contributed by atoms with Crippen molar-refractivity contribution < 1.29 is 9.47 Å². The molecule has 0 atom stereocenters. The highest BCUT2D eigenvalue weighted by Gasteiger charge is 2.08. The second-order valence-corrected chi connectivity index (χ2v) is 6.71. The average molecular weight is 536 g/mol. The van der Waals surface area contributed by atoms with Crippen LogP contribution in [-0.4, -0.2) is 41.5 Å². The molecule has 0 aliphatic carbocycles. The molecule has 8 nitrogen and oxygen atoms in total. The summed E-state index contributed by atoms with van der Waals surface area (Å²) in [7, 11) is 3.35. The van der Waals surface area contributed by atoms with Crippen LogP contribution in [0.4, 0.5) is 5.69 Å². The molecule has 166 valence electrons. The molecule has 0 spiro atoms. The molecule has 0 radical (unpaired) electrons. The van der Waals surface area contributed by atoms with Gasteiger partial charge in [-0.2, -0.15) is 5.10 Å². The lowest BCUT2D eigenvalue weighted by molar-refractivity contribution is 0.311. The van der Waals surface area contributed by atoms with Crippen LogP contribution in [0, 0.1) is 13.8 Å². The third-order valence-electron chi connectivity index (χ3n) is 4.45. The maximum atomic E-state index is 5.56. The van der Waals surface area contributed by atoms with Crippen LogP contribution in [-0.2, 0) is 6.54 Å². The molecule has 0 saturated heterocycles. The van der Waals surface area contributed by atoms with Crippen LogP contribution in [0.25, 0.3) is 5.82 Å². The first-order valence-corrected chi connectivity index (χ1v) is 9.81. The van der Waals surface area contributed by atoms with Crippen molar-refractivity contribution in [3.05, 3.63) is 59.5 Å². The monoisotopic (exact) mass is 536 g/mol. The highest BCUT2D eigenvalue weighted by atomic mass is 127. The van der Waals surface area contributed by atoms with Gasteiger partial charge in [-0.25, -0.2) is 9.67 Å². The quantitative estimate of drug-likeness (QED) is 0.269. The average Bonchev–Trinajstić information content (AvgIpc) is 3.10. The molecule has 3 aromatic rings. The third-order valence-corrected chi connectivity index (χ3v) is 4.45. The van der Waals surface area contributed by atoms with Crippen molar-refractivity contribution in [3.8, 4) is 17.3 Å². The summed E-state index contributed by atoms with van der Waals surface area (Å²) in [6.45, 7) is 7.09. The Labute approximate surface area is 200 Å². The number of hydrogen-bond acceptors (Lipinski definition) is 5. The summed E-state index contributed by atoms with van der Waals surface area (Å²) >= 11 is 0. The number of pyridine rings is 1. The smallest absolute Gasteiger partial charge is 0.195 e. The molecule has 0 aliphatic rings. The van der Waals surface area contributed by atoms with Gasteiger partial charge in [0.25, 0.3) is 0 Å². The lowest BCUT2D eigenvalue weighted by Crippen LogP contribution is -2.30. The number of nitrogens with one attached hydrogen (secondary N) is 2. The Bertz CT molecular complexity index is 1020. The van der Waals surface area contributed by atoms with Crippen molar-refractivity contribution in [2.75, 3.05) is 26.1 Å². The normalized spacial score (nSPS) is 10.9. The number of anilines is 1. The minimum absolute atomic E-state index is 0. The number of halogens is 1. The zero-order chi connectivity index (χ0) is 21.5. The van der Waals surface area contributed by atoms with Gasteiger partial charge in [-0.3, -0.25) is 4.99 Å². The van der Waals surface area contributed by atoms with Gasteiger partial charge >= 0.3 is 0 Å². The Balaban J connectivity index is 0.00000341. The Morgan fingerprint density at radius 3 is 2.52 bits per heavy atom. The van der Waals surface area contributed by atoms with Crippen molar-refractivity contribution in [1.29, 1.82) is 0 Å². The summed E-state index contributed by atoms with van der Waals surface area (Å²) in [5.41, 5.74) is 3.91. The number of benzene rings is 1. The van der Waals surface area contributed by atoms with Crippen LogP contribution in [0.2, 0.25) is 0 Å². The fourth-order valence-corrected chi connectivity index (χ4v) is 3.03. The summed E-state index contributed by atoms with van der Waals surface area (Å²) in [6.07, 6.45) is 1.84. The standard InChI is InChI=1S/C22H28N6O2.HI/c1-6-30-19-9-8-18(12-20(19)29-5)26-22(23-4)25-14-17-7-10-21(24-13-17)28-16(3)11-15(2)27-28;/h7-13H,6,14H2,1-5H3,(H2,23,25,26);1H. The van der Waals surface area contributed by atoms with Crippen molar-refractivity contribution in [2.45, 2.75) is 27.3 Å². The second-order valence-electron chi connectivity index (χ2n) is 6.71. The number of rotatable bonds is 7. The summed E-state index contributed by atoms with van der Waals surface area (Å²) in [5, 5.41) is 11.0. The fraction of sp³-hybridized carbons (Fsp3) is 0.318. The lowest BCUT2D eigenvalue weighted by atomic mass is 10.2. The Kier molecular flexibility index (Phi) is 9.10. The molecule has 0 unspecified atom stereocenters. The SMILES string of the molecule is CCOc1ccc(NC(=NC)NCc2ccc(-n3nc(C)cc3C)nc2)cc1OC.I. The third kappa shape index (κ3) is 6.33. The van der Waals surface area contributed by atoms with E-state index in [0.717, 1.165) is 28.5 Å². The van der Waals surface area contributed by atoms with Crippen molar-refractivity contribution >= 4 is 35.6 Å². The van der Waals surface area contributed by atoms with Gasteiger partial charge in [0, 0.05) is 37.2 Å². The minimum Gasteiger partial charge on any atom is -0.493 e. The molecular weight excluding hydrogens is 507 g/mol. The van der Waals surface area contributed by atoms with Crippen LogP contribution >= 0.6 is 24.0 Å². The zero-order valence-corrected chi connectivity index (χ0v) is 20.8. The number of methoxy groups -OCH3 is 1. The van der Waals surface area contributed by atoms with E-state index in [0.29, 0.717) is 30.6 Å². The summed E-state index contributed by atoms with van der Waals surface area (Å²) in [4.78, 5) is 8.81. The molecule has 0 saturated carbocycles. The molecule has 0 fully saturated rings. The van der Waals surface area contributed by atoms with E-state index >= 15 is 0 Å².